The van der Waals surface area contributed by atoms with Crippen LogP contribution in [-0.2, 0) is 9.59 Å². The number of aryl methyl sites for hydroxylation is 2. The van der Waals surface area contributed by atoms with E-state index in [-0.39, 0.29) is 11.8 Å². The monoisotopic (exact) mass is 480 g/mol. The van der Waals surface area contributed by atoms with Gasteiger partial charge in [0.25, 0.3) is 5.91 Å². The van der Waals surface area contributed by atoms with E-state index >= 15 is 0 Å². The van der Waals surface area contributed by atoms with Gasteiger partial charge in [-0.05, 0) is 86.8 Å². The van der Waals surface area contributed by atoms with Crippen molar-refractivity contribution in [3.8, 4) is 11.1 Å². The number of hydrogen-bond acceptors (Lipinski definition) is 3. The first kappa shape index (κ1) is 21.8. The number of H-pyrrole nitrogens is 1. The number of aliphatic imine (C=N–C) groups is 1. The molecule has 7 rings (SSSR count). The number of aromatic nitrogens is 1. The second kappa shape index (κ2) is 7.79. The van der Waals surface area contributed by atoms with E-state index < -0.39 is 5.54 Å². The van der Waals surface area contributed by atoms with Gasteiger partial charge in [-0.2, -0.15) is 0 Å². The van der Waals surface area contributed by atoms with Gasteiger partial charge < -0.3 is 9.88 Å². The van der Waals surface area contributed by atoms with Crippen molar-refractivity contribution in [3.63, 3.8) is 0 Å². The fourth-order valence-corrected chi connectivity index (χ4v) is 6.06. The van der Waals surface area contributed by atoms with E-state index in [9.17, 15) is 9.59 Å². The average Bonchev–Trinajstić information content (AvgIpc) is 3.76. The number of aromatic amines is 1. The number of benzene rings is 2. The first-order valence-corrected chi connectivity index (χ1v) is 13.3. The maximum absolute atomic E-state index is 13.4. The number of likely N-dealkylation sites (tertiary alicyclic amines) is 1. The zero-order valence-electron chi connectivity index (χ0n) is 21.0. The lowest BCUT2D eigenvalue weighted by Gasteiger charge is -2.24. The fraction of sp³-hybridized carbons (Fsp3) is 0.433. The molecule has 3 aromatic rings. The van der Waals surface area contributed by atoms with Crippen LogP contribution in [0.2, 0.25) is 0 Å². The van der Waals surface area contributed by atoms with Crippen LogP contribution in [0.15, 0.2) is 47.5 Å². The van der Waals surface area contributed by atoms with Crippen molar-refractivity contribution in [2.45, 2.75) is 51.5 Å². The molecule has 36 heavy (non-hydrogen) atoms. The van der Waals surface area contributed by atoms with E-state index in [1.807, 2.05) is 9.80 Å². The van der Waals surface area contributed by atoms with Crippen molar-refractivity contribution in [1.82, 2.24) is 14.8 Å². The van der Waals surface area contributed by atoms with Crippen LogP contribution in [0.4, 0.5) is 0 Å². The topological polar surface area (TPSA) is 68.8 Å². The van der Waals surface area contributed by atoms with Crippen molar-refractivity contribution in [2.75, 3.05) is 19.6 Å². The Balaban J connectivity index is 1.15. The van der Waals surface area contributed by atoms with Gasteiger partial charge in [-0.1, -0.05) is 24.3 Å². The molecule has 3 heterocycles. The second-order valence-corrected chi connectivity index (χ2v) is 11.4. The molecule has 6 heteroatoms. The van der Waals surface area contributed by atoms with Gasteiger partial charge >= 0.3 is 0 Å². The van der Waals surface area contributed by atoms with Crippen molar-refractivity contribution in [1.29, 1.82) is 0 Å². The highest BCUT2D eigenvalue weighted by molar-refractivity contribution is 6.17. The van der Waals surface area contributed by atoms with Gasteiger partial charge in [0.1, 0.15) is 11.4 Å². The van der Waals surface area contributed by atoms with Crippen LogP contribution in [-0.4, -0.2) is 57.6 Å². The molecule has 0 bridgehead atoms. The quantitative estimate of drug-likeness (QED) is 0.568. The Labute approximate surface area is 211 Å². The van der Waals surface area contributed by atoms with Crippen LogP contribution in [0, 0.1) is 25.7 Å². The summed E-state index contributed by atoms with van der Waals surface area (Å²) >= 11 is 0. The normalized spacial score (nSPS) is 22.7. The van der Waals surface area contributed by atoms with Crippen LogP contribution in [0.5, 0.6) is 0 Å². The summed E-state index contributed by atoms with van der Waals surface area (Å²) < 4.78 is 0. The molecule has 2 aliphatic heterocycles. The molecule has 6 nitrogen and oxygen atoms in total. The molecular formula is C30H32N4O2. The molecule has 1 atom stereocenters. The summed E-state index contributed by atoms with van der Waals surface area (Å²) in [7, 11) is 0. The van der Waals surface area contributed by atoms with Crippen LogP contribution < -0.4 is 0 Å². The zero-order chi connectivity index (χ0) is 24.6. The Bertz CT molecular complexity index is 1440. The Hall–Kier alpha value is -3.41. The standard InChI is InChI=1S/C30H32N4O2/c1-18-13-22(23-6-8-26-24(15-23)14-19(2)31-26)5-7-25(18)27-32-30(10-11-30)29(36)34(27)17-20-9-12-33(16-20)28(35)21-3-4-21/h5-8,13-15,20-21,31H,3-4,9-12,16-17H2,1-2H3. The van der Waals surface area contributed by atoms with Gasteiger partial charge in [0.2, 0.25) is 5.91 Å². The predicted octanol–water partition coefficient (Wildman–Crippen LogP) is 4.83. The number of nitrogens with one attached hydrogen (secondary N) is 1. The number of fused-ring (bicyclic) bond motifs is 1. The first-order chi connectivity index (χ1) is 17.4. The number of nitrogens with zero attached hydrogens (tertiary/aromatic N) is 3. The highest BCUT2D eigenvalue weighted by atomic mass is 16.2. The Kier molecular flexibility index (Phi) is 4.73. The minimum Gasteiger partial charge on any atom is -0.359 e. The predicted molar refractivity (Wildman–Crippen MR) is 141 cm³/mol. The van der Waals surface area contributed by atoms with E-state index in [1.165, 1.54) is 16.5 Å². The molecule has 0 radical (unpaired) electrons. The third kappa shape index (κ3) is 3.57. The van der Waals surface area contributed by atoms with Gasteiger partial charge in [-0.15, -0.1) is 0 Å². The molecule has 1 unspecified atom stereocenters. The lowest BCUT2D eigenvalue weighted by atomic mass is 9.98. The number of amidine groups is 1. The van der Waals surface area contributed by atoms with Crippen molar-refractivity contribution < 1.29 is 9.59 Å². The molecule has 2 saturated carbocycles. The third-order valence-corrected chi connectivity index (χ3v) is 8.46. The number of rotatable bonds is 5. The zero-order valence-corrected chi connectivity index (χ0v) is 21.0. The molecule has 1 spiro atoms. The van der Waals surface area contributed by atoms with Gasteiger partial charge in [0, 0.05) is 47.7 Å². The Morgan fingerprint density at radius 3 is 2.58 bits per heavy atom. The van der Waals surface area contributed by atoms with E-state index in [0.717, 1.165) is 73.4 Å². The van der Waals surface area contributed by atoms with Gasteiger partial charge in [-0.25, -0.2) is 0 Å². The van der Waals surface area contributed by atoms with E-state index in [1.54, 1.807) is 0 Å². The molecule has 2 aliphatic carbocycles. The number of amides is 2. The number of hydrogen-bond donors (Lipinski definition) is 1. The van der Waals surface area contributed by atoms with Crippen molar-refractivity contribution in [2.24, 2.45) is 16.8 Å². The van der Waals surface area contributed by atoms with Gasteiger partial charge in [0.05, 0.1) is 0 Å². The molecule has 1 saturated heterocycles. The SMILES string of the molecule is Cc1cc2cc(-c3ccc(C4=NC5(CC5)C(=O)N4CC4CCN(C(=O)C5CC5)C4)c(C)c3)ccc2[nH]1. The second-order valence-electron chi connectivity index (χ2n) is 11.4. The van der Waals surface area contributed by atoms with Gasteiger partial charge in [-0.3, -0.25) is 19.5 Å². The summed E-state index contributed by atoms with van der Waals surface area (Å²) in [6.45, 7) is 6.43. The smallest absolute Gasteiger partial charge is 0.256 e. The highest BCUT2D eigenvalue weighted by Crippen LogP contribution is 2.46. The molecule has 4 aliphatic rings. The summed E-state index contributed by atoms with van der Waals surface area (Å²) in [6, 6.07) is 15.2. The molecule has 3 fully saturated rings. The van der Waals surface area contributed by atoms with Crippen LogP contribution >= 0.6 is 0 Å². The lowest BCUT2D eigenvalue weighted by molar-refractivity contribution is -0.131. The molecule has 2 amide bonds. The van der Waals surface area contributed by atoms with Crippen molar-refractivity contribution in [3.05, 3.63) is 59.3 Å². The van der Waals surface area contributed by atoms with Crippen LogP contribution in [0.1, 0.15) is 48.9 Å². The molecular weight excluding hydrogens is 448 g/mol. The highest BCUT2D eigenvalue weighted by Gasteiger charge is 2.57. The minimum absolute atomic E-state index is 0.154. The van der Waals surface area contributed by atoms with E-state index in [4.69, 9.17) is 4.99 Å². The first-order valence-electron chi connectivity index (χ1n) is 13.3. The number of carbonyl (C=O) groups excluding carboxylic acids is 2. The molecule has 2 aromatic carbocycles. The summed E-state index contributed by atoms with van der Waals surface area (Å²) in [4.78, 5) is 38.4. The largest absolute Gasteiger partial charge is 0.359 e. The Morgan fingerprint density at radius 1 is 1.06 bits per heavy atom. The lowest BCUT2D eigenvalue weighted by Crippen LogP contribution is -2.41. The maximum Gasteiger partial charge on any atom is 0.256 e. The van der Waals surface area contributed by atoms with E-state index in [0.29, 0.717) is 18.4 Å². The van der Waals surface area contributed by atoms with Crippen molar-refractivity contribution >= 4 is 28.6 Å². The minimum atomic E-state index is -0.528. The molecule has 184 valence electrons. The summed E-state index contributed by atoms with van der Waals surface area (Å²) in [5.41, 5.74) is 6.30. The van der Waals surface area contributed by atoms with Crippen LogP contribution in [0.25, 0.3) is 22.0 Å². The fourth-order valence-electron chi connectivity index (χ4n) is 6.06. The maximum atomic E-state index is 13.4. The summed E-state index contributed by atoms with van der Waals surface area (Å²) in [6.07, 6.45) is 4.73. The Morgan fingerprint density at radius 2 is 1.83 bits per heavy atom. The van der Waals surface area contributed by atoms with E-state index in [2.05, 4.69) is 61.3 Å². The molecule has 1 N–H and O–H groups in total. The summed E-state index contributed by atoms with van der Waals surface area (Å²) in [5, 5.41) is 1.21. The van der Waals surface area contributed by atoms with Crippen LogP contribution in [0.3, 0.4) is 0 Å². The number of carbonyl (C=O) groups is 2. The summed E-state index contributed by atoms with van der Waals surface area (Å²) in [5.74, 6) is 1.86. The molecule has 1 aromatic heterocycles. The van der Waals surface area contributed by atoms with Gasteiger partial charge in [0.15, 0.2) is 0 Å². The third-order valence-electron chi connectivity index (χ3n) is 8.46. The average molecular weight is 481 g/mol.